The lowest BCUT2D eigenvalue weighted by molar-refractivity contribution is 0.0695. The molecule has 1 aromatic rings. The van der Waals surface area contributed by atoms with E-state index in [1.165, 1.54) is 6.07 Å². The average Bonchev–Trinajstić information content (AvgIpc) is 2.33. The Hall–Kier alpha value is -1.10. The molecule has 1 heterocycles. The first-order chi connectivity index (χ1) is 8.52. The number of hydrogen-bond acceptors (Lipinski definition) is 2. The molecule has 3 nitrogen and oxygen atoms in total. The van der Waals surface area contributed by atoms with Crippen LogP contribution in [0.5, 0.6) is 0 Å². The molecule has 0 saturated carbocycles. The molecule has 98 valence electrons. The quantitative estimate of drug-likeness (QED) is 0.905. The molecule has 0 radical (unpaired) electrons. The first kappa shape index (κ1) is 13.3. The fraction of sp³-hybridized carbons (Fsp3) is 0.462. The lowest BCUT2D eigenvalue weighted by Gasteiger charge is -2.35. The molecule has 1 N–H and O–H groups in total. The molecule has 1 fully saturated rings. The Morgan fingerprint density at radius 1 is 1.50 bits per heavy atom. The second kappa shape index (κ2) is 5.26. The van der Waals surface area contributed by atoms with Gasteiger partial charge in [-0.15, -0.1) is 0 Å². The van der Waals surface area contributed by atoms with Crippen molar-refractivity contribution in [2.24, 2.45) is 0 Å². The number of anilines is 1. The normalized spacial score (nSPS) is 19.9. The molecular formula is C13H15BrFNO2. The molecule has 2 rings (SSSR count). The van der Waals surface area contributed by atoms with Gasteiger partial charge in [0.15, 0.2) is 5.82 Å². The molecule has 5 heteroatoms. The van der Waals surface area contributed by atoms with E-state index in [0.717, 1.165) is 25.8 Å². The summed E-state index contributed by atoms with van der Waals surface area (Å²) in [4.78, 5) is 12.9. The lowest BCUT2D eigenvalue weighted by Crippen LogP contribution is -2.38. The first-order valence-electron chi connectivity index (χ1n) is 6.00. The summed E-state index contributed by atoms with van der Waals surface area (Å²) in [5.74, 6) is -1.61. The van der Waals surface area contributed by atoms with Crippen molar-refractivity contribution in [3.63, 3.8) is 0 Å². The molecule has 1 unspecified atom stereocenters. The van der Waals surface area contributed by atoms with Crippen LogP contribution in [0.4, 0.5) is 10.1 Å². The van der Waals surface area contributed by atoms with Crippen LogP contribution in [0.1, 0.15) is 36.5 Å². The second-order valence-corrected chi connectivity index (χ2v) is 5.40. The number of nitrogens with zero attached hydrogens (tertiary/aromatic N) is 1. The van der Waals surface area contributed by atoms with Gasteiger partial charge in [0.25, 0.3) is 0 Å². The summed E-state index contributed by atoms with van der Waals surface area (Å²) in [5, 5.41) is 8.93. The Balaban J connectivity index is 2.40. The molecule has 0 amide bonds. The number of halogens is 2. The molecule has 1 aromatic carbocycles. The van der Waals surface area contributed by atoms with Crippen LogP contribution in [-0.2, 0) is 0 Å². The zero-order valence-corrected chi connectivity index (χ0v) is 11.7. The molecule has 0 spiro atoms. The van der Waals surface area contributed by atoms with Crippen LogP contribution in [0.15, 0.2) is 16.6 Å². The molecule has 18 heavy (non-hydrogen) atoms. The Bertz CT molecular complexity index is 478. The third-order valence-electron chi connectivity index (χ3n) is 3.40. The first-order valence-corrected chi connectivity index (χ1v) is 6.79. The van der Waals surface area contributed by atoms with E-state index in [0.29, 0.717) is 5.69 Å². The van der Waals surface area contributed by atoms with Crippen molar-refractivity contribution in [3.05, 3.63) is 28.0 Å². The summed E-state index contributed by atoms with van der Waals surface area (Å²) >= 11 is 3.04. The molecular weight excluding hydrogens is 301 g/mol. The predicted molar refractivity (Wildman–Crippen MR) is 71.7 cm³/mol. The van der Waals surface area contributed by atoms with E-state index >= 15 is 0 Å². The number of hydrogen-bond donors (Lipinski definition) is 1. The average molecular weight is 316 g/mol. The Morgan fingerprint density at radius 3 is 2.83 bits per heavy atom. The summed E-state index contributed by atoms with van der Waals surface area (Å²) in [6.07, 6.45) is 3.24. The van der Waals surface area contributed by atoms with Gasteiger partial charge in [-0.1, -0.05) is 0 Å². The van der Waals surface area contributed by atoms with Crippen molar-refractivity contribution < 1.29 is 14.3 Å². The predicted octanol–water partition coefficient (Wildman–Crippen LogP) is 3.67. The van der Waals surface area contributed by atoms with Gasteiger partial charge in [0.05, 0.1) is 15.7 Å². The minimum atomic E-state index is -1.13. The van der Waals surface area contributed by atoms with Crippen LogP contribution in [0.2, 0.25) is 0 Å². The number of benzene rings is 1. The third-order valence-corrected chi connectivity index (χ3v) is 4.18. The fourth-order valence-corrected chi connectivity index (χ4v) is 2.89. The summed E-state index contributed by atoms with van der Waals surface area (Å²) < 4.78 is 14.3. The maximum absolute atomic E-state index is 14.2. The highest BCUT2D eigenvalue weighted by Gasteiger charge is 2.24. The maximum atomic E-state index is 14.2. The lowest BCUT2D eigenvalue weighted by atomic mass is 10.0. The zero-order valence-electron chi connectivity index (χ0n) is 10.1. The molecule has 1 saturated heterocycles. The van der Waals surface area contributed by atoms with E-state index in [9.17, 15) is 9.18 Å². The van der Waals surface area contributed by atoms with Gasteiger partial charge in [0.2, 0.25) is 0 Å². The third kappa shape index (κ3) is 2.36. The van der Waals surface area contributed by atoms with Crippen LogP contribution in [0.3, 0.4) is 0 Å². The highest BCUT2D eigenvalue weighted by molar-refractivity contribution is 9.10. The smallest absolute Gasteiger partial charge is 0.336 e. The van der Waals surface area contributed by atoms with Crippen LogP contribution in [-0.4, -0.2) is 23.7 Å². The largest absolute Gasteiger partial charge is 0.478 e. The van der Waals surface area contributed by atoms with Crippen LogP contribution in [0.25, 0.3) is 0 Å². The minimum absolute atomic E-state index is 0.0327. The van der Waals surface area contributed by atoms with E-state index < -0.39 is 11.8 Å². The van der Waals surface area contributed by atoms with Crippen molar-refractivity contribution in [2.75, 3.05) is 11.4 Å². The highest BCUT2D eigenvalue weighted by atomic mass is 79.9. The van der Waals surface area contributed by atoms with Gasteiger partial charge in [0.1, 0.15) is 0 Å². The van der Waals surface area contributed by atoms with Crippen molar-refractivity contribution >= 4 is 27.6 Å². The van der Waals surface area contributed by atoms with Crippen LogP contribution < -0.4 is 4.90 Å². The molecule has 1 aliphatic heterocycles. The van der Waals surface area contributed by atoms with Gasteiger partial charge in [-0.05, 0) is 54.2 Å². The van der Waals surface area contributed by atoms with Gasteiger partial charge >= 0.3 is 5.97 Å². The molecule has 1 aliphatic rings. The standard InChI is InChI=1S/C13H15BrFNO2/c1-8-4-2-3-7-16(8)10-6-5-9(13(17)18)11(14)12(10)15/h5-6,8H,2-4,7H2,1H3,(H,17,18). The highest BCUT2D eigenvalue weighted by Crippen LogP contribution is 2.32. The van der Waals surface area contributed by atoms with Gasteiger partial charge in [-0.2, -0.15) is 0 Å². The van der Waals surface area contributed by atoms with Crippen molar-refractivity contribution in [2.45, 2.75) is 32.2 Å². The van der Waals surface area contributed by atoms with Gasteiger partial charge in [0, 0.05) is 12.6 Å². The van der Waals surface area contributed by atoms with E-state index in [-0.39, 0.29) is 16.1 Å². The second-order valence-electron chi connectivity index (χ2n) is 4.60. The maximum Gasteiger partial charge on any atom is 0.336 e. The number of carboxylic acid groups (broad SMARTS) is 1. The number of rotatable bonds is 2. The number of carbonyl (C=O) groups is 1. The van der Waals surface area contributed by atoms with E-state index in [1.807, 2.05) is 4.90 Å². The van der Waals surface area contributed by atoms with Gasteiger partial charge < -0.3 is 10.0 Å². The minimum Gasteiger partial charge on any atom is -0.478 e. The van der Waals surface area contributed by atoms with Gasteiger partial charge in [-0.25, -0.2) is 9.18 Å². The SMILES string of the molecule is CC1CCCCN1c1ccc(C(=O)O)c(Br)c1F. The number of aromatic carboxylic acids is 1. The Labute approximate surface area is 114 Å². The number of carboxylic acids is 1. The van der Waals surface area contributed by atoms with Crippen molar-refractivity contribution in [1.82, 2.24) is 0 Å². The summed E-state index contributed by atoms with van der Waals surface area (Å²) in [5.41, 5.74) is 0.444. The Kier molecular flexibility index (Phi) is 3.90. The summed E-state index contributed by atoms with van der Waals surface area (Å²) in [6.45, 7) is 2.88. The fourth-order valence-electron chi connectivity index (χ4n) is 2.38. The van der Waals surface area contributed by atoms with Crippen LogP contribution in [0, 0.1) is 5.82 Å². The molecule has 0 aromatic heterocycles. The van der Waals surface area contributed by atoms with Crippen molar-refractivity contribution in [3.8, 4) is 0 Å². The summed E-state index contributed by atoms with van der Waals surface area (Å²) in [6, 6.07) is 3.30. The molecule has 1 atom stereocenters. The Morgan fingerprint density at radius 2 is 2.22 bits per heavy atom. The topological polar surface area (TPSA) is 40.5 Å². The zero-order chi connectivity index (χ0) is 13.3. The monoisotopic (exact) mass is 315 g/mol. The number of piperidine rings is 1. The van der Waals surface area contributed by atoms with E-state index in [4.69, 9.17) is 5.11 Å². The molecule has 0 bridgehead atoms. The van der Waals surface area contributed by atoms with E-state index in [2.05, 4.69) is 22.9 Å². The summed E-state index contributed by atoms with van der Waals surface area (Å²) in [7, 11) is 0. The molecule has 0 aliphatic carbocycles. The van der Waals surface area contributed by atoms with E-state index in [1.54, 1.807) is 6.07 Å². The van der Waals surface area contributed by atoms with Crippen LogP contribution >= 0.6 is 15.9 Å². The van der Waals surface area contributed by atoms with Gasteiger partial charge in [-0.3, -0.25) is 0 Å². The van der Waals surface area contributed by atoms with Crippen molar-refractivity contribution in [1.29, 1.82) is 0 Å².